The number of primary amides is 1. The van der Waals surface area contributed by atoms with Crippen molar-refractivity contribution >= 4 is 11.8 Å². The second-order valence-corrected chi connectivity index (χ2v) is 7.17. The van der Waals surface area contributed by atoms with Gasteiger partial charge >= 0.3 is 0 Å². The summed E-state index contributed by atoms with van der Waals surface area (Å²) in [7, 11) is 0. The number of piperidine rings is 1. The highest BCUT2D eigenvalue weighted by Gasteiger charge is 2.37. The molecule has 1 aliphatic rings. The minimum Gasteiger partial charge on any atom is -0.363 e. The summed E-state index contributed by atoms with van der Waals surface area (Å²) in [5, 5.41) is 3.93. The number of nitrogens with two attached hydrogens (primary N) is 1. The molecule has 132 valence electrons. The number of aromatic nitrogens is 3. The zero-order valence-electron chi connectivity index (χ0n) is 14.6. The van der Waals surface area contributed by atoms with Gasteiger partial charge in [-0.15, -0.1) is 5.10 Å². The van der Waals surface area contributed by atoms with Crippen LogP contribution in [0.2, 0.25) is 0 Å². The molecule has 0 saturated carbocycles. The van der Waals surface area contributed by atoms with Crippen molar-refractivity contribution in [3.05, 3.63) is 48.0 Å². The van der Waals surface area contributed by atoms with E-state index in [-0.39, 0.29) is 29.6 Å². The Kier molecular flexibility index (Phi) is 4.57. The molecule has 0 bridgehead atoms. The summed E-state index contributed by atoms with van der Waals surface area (Å²) in [6.45, 7) is 5.95. The van der Waals surface area contributed by atoms with Gasteiger partial charge < -0.3 is 10.6 Å². The van der Waals surface area contributed by atoms with Crippen LogP contribution in [0.1, 0.15) is 42.4 Å². The summed E-state index contributed by atoms with van der Waals surface area (Å²) in [6.07, 6.45) is 2.29. The molecule has 2 heterocycles. The Labute approximate surface area is 146 Å². The van der Waals surface area contributed by atoms with Gasteiger partial charge in [0.15, 0.2) is 0 Å². The molecule has 1 atom stereocenters. The molecule has 0 unspecified atom stereocenters. The Morgan fingerprint density at radius 2 is 2.00 bits per heavy atom. The average molecular weight is 341 g/mol. The average Bonchev–Trinajstić information content (AvgIpc) is 3.04. The van der Waals surface area contributed by atoms with E-state index in [9.17, 15) is 9.59 Å². The maximum absolute atomic E-state index is 12.7. The smallest absolute Gasteiger partial charge is 0.288 e. The van der Waals surface area contributed by atoms with Crippen LogP contribution in [0.15, 0.2) is 36.7 Å². The fraction of sp³-hybridized carbons (Fsp3) is 0.444. The number of rotatable bonds is 4. The van der Waals surface area contributed by atoms with Crippen molar-refractivity contribution in [1.82, 2.24) is 19.7 Å². The van der Waals surface area contributed by atoms with Crippen LogP contribution < -0.4 is 5.73 Å². The molecule has 7 heteroatoms. The second kappa shape index (κ2) is 6.66. The molecule has 1 saturated heterocycles. The third-order valence-electron chi connectivity index (χ3n) is 4.98. The molecule has 0 spiro atoms. The van der Waals surface area contributed by atoms with Crippen molar-refractivity contribution in [2.24, 2.45) is 11.1 Å². The van der Waals surface area contributed by atoms with E-state index >= 15 is 0 Å². The molecule has 2 N–H and O–H groups in total. The number of hydrogen-bond acceptors (Lipinski definition) is 4. The maximum atomic E-state index is 12.7. The van der Waals surface area contributed by atoms with Crippen LogP contribution in [-0.4, -0.2) is 44.6 Å². The largest absolute Gasteiger partial charge is 0.363 e. The maximum Gasteiger partial charge on any atom is 0.288 e. The van der Waals surface area contributed by atoms with Crippen molar-refractivity contribution in [2.45, 2.75) is 32.7 Å². The summed E-state index contributed by atoms with van der Waals surface area (Å²) < 4.78 is 1.36. The molecule has 3 rings (SSSR count). The van der Waals surface area contributed by atoms with Crippen molar-refractivity contribution in [3.8, 4) is 0 Å². The lowest BCUT2D eigenvalue weighted by atomic mass is 9.70. The van der Waals surface area contributed by atoms with E-state index < -0.39 is 5.91 Å². The molecule has 7 nitrogen and oxygen atoms in total. The van der Waals surface area contributed by atoms with Crippen LogP contribution in [0.5, 0.6) is 0 Å². The number of carbonyl (C=O) groups is 2. The fourth-order valence-electron chi connectivity index (χ4n) is 3.35. The predicted molar refractivity (Wildman–Crippen MR) is 92.7 cm³/mol. The van der Waals surface area contributed by atoms with Gasteiger partial charge in [0.2, 0.25) is 11.7 Å². The molecule has 0 aliphatic carbocycles. The van der Waals surface area contributed by atoms with Crippen LogP contribution in [0, 0.1) is 5.41 Å². The quantitative estimate of drug-likeness (QED) is 0.910. The first-order valence-corrected chi connectivity index (χ1v) is 8.39. The zero-order valence-corrected chi connectivity index (χ0v) is 14.6. The second-order valence-electron chi connectivity index (χ2n) is 7.17. The summed E-state index contributed by atoms with van der Waals surface area (Å²) in [5.74, 6) is -0.523. The van der Waals surface area contributed by atoms with Gasteiger partial charge in [0, 0.05) is 19.0 Å². The molecule has 2 aromatic rings. The number of carbonyl (C=O) groups excluding carboxylic acids is 2. The number of benzene rings is 1. The summed E-state index contributed by atoms with van der Waals surface area (Å²) in [4.78, 5) is 29.4. The standard InChI is InChI=1S/C18H23N5O2/c1-18(2)8-9-22(10-14(18)13-6-4-3-5-7-13)15(24)11-23-12-20-17(21-23)16(19)25/h3-7,12,14H,8-11H2,1-2H3,(H2,19,25)/t14-/m1/s1. The molecular weight excluding hydrogens is 318 g/mol. The van der Waals surface area contributed by atoms with Crippen molar-refractivity contribution < 1.29 is 9.59 Å². The molecule has 1 fully saturated rings. The van der Waals surface area contributed by atoms with Gasteiger partial charge in [0.05, 0.1) is 0 Å². The Bertz CT molecular complexity index is 769. The van der Waals surface area contributed by atoms with Crippen molar-refractivity contribution in [1.29, 1.82) is 0 Å². The van der Waals surface area contributed by atoms with Crippen LogP contribution in [0.4, 0.5) is 0 Å². The van der Waals surface area contributed by atoms with Crippen LogP contribution >= 0.6 is 0 Å². The third-order valence-corrected chi connectivity index (χ3v) is 4.98. The van der Waals surface area contributed by atoms with Crippen LogP contribution in [-0.2, 0) is 11.3 Å². The Morgan fingerprint density at radius 3 is 2.64 bits per heavy atom. The Hall–Kier alpha value is -2.70. The van der Waals surface area contributed by atoms with Gasteiger partial charge in [-0.2, -0.15) is 0 Å². The lowest BCUT2D eigenvalue weighted by molar-refractivity contribution is -0.134. The lowest BCUT2D eigenvalue weighted by Gasteiger charge is -2.44. The SMILES string of the molecule is CC1(C)CCN(C(=O)Cn2cnc(C(N)=O)n2)C[C@@H]1c1ccccc1. The van der Waals surface area contributed by atoms with Crippen LogP contribution in [0.25, 0.3) is 0 Å². The fourth-order valence-corrected chi connectivity index (χ4v) is 3.35. The first kappa shape index (κ1) is 17.1. The first-order chi connectivity index (χ1) is 11.9. The van der Waals surface area contributed by atoms with Gasteiger partial charge in [0.1, 0.15) is 12.9 Å². The van der Waals surface area contributed by atoms with Crippen molar-refractivity contribution in [3.63, 3.8) is 0 Å². The molecule has 25 heavy (non-hydrogen) atoms. The highest BCUT2D eigenvalue weighted by molar-refractivity contribution is 5.88. The topological polar surface area (TPSA) is 94.1 Å². The molecule has 0 radical (unpaired) electrons. The highest BCUT2D eigenvalue weighted by atomic mass is 16.2. The number of likely N-dealkylation sites (tertiary alicyclic amines) is 1. The molecular formula is C18H23N5O2. The Morgan fingerprint density at radius 1 is 1.28 bits per heavy atom. The van der Waals surface area contributed by atoms with E-state index in [1.54, 1.807) is 0 Å². The van der Waals surface area contributed by atoms with Crippen LogP contribution in [0.3, 0.4) is 0 Å². The minimum atomic E-state index is -0.699. The number of hydrogen-bond donors (Lipinski definition) is 1. The monoisotopic (exact) mass is 341 g/mol. The summed E-state index contributed by atoms with van der Waals surface area (Å²) >= 11 is 0. The Balaban J connectivity index is 1.72. The van der Waals surface area contributed by atoms with E-state index in [0.717, 1.165) is 6.42 Å². The van der Waals surface area contributed by atoms with Gasteiger partial charge in [-0.25, -0.2) is 9.67 Å². The molecule has 2 amide bonds. The normalized spacial score (nSPS) is 19.6. The highest BCUT2D eigenvalue weighted by Crippen LogP contribution is 2.42. The van der Waals surface area contributed by atoms with Gasteiger partial charge in [-0.3, -0.25) is 9.59 Å². The number of amides is 2. The summed E-state index contributed by atoms with van der Waals surface area (Å²) in [6, 6.07) is 10.3. The van der Waals surface area contributed by atoms with E-state index in [2.05, 4.69) is 36.1 Å². The zero-order chi connectivity index (χ0) is 18.0. The molecule has 1 aromatic carbocycles. The van der Waals surface area contributed by atoms with E-state index in [4.69, 9.17) is 5.73 Å². The predicted octanol–water partition coefficient (Wildman–Crippen LogP) is 1.42. The molecule has 1 aliphatic heterocycles. The minimum absolute atomic E-state index is 0.0302. The van der Waals surface area contributed by atoms with Gasteiger partial charge in [-0.1, -0.05) is 44.2 Å². The summed E-state index contributed by atoms with van der Waals surface area (Å²) in [5.41, 5.74) is 6.52. The van der Waals surface area contributed by atoms with Gasteiger partial charge in [0.25, 0.3) is 5.91 Å². The lowest BCUT2D eigenvalue weighted by Crippen LogP contribution is -2.47. The van der Waals surface area contributed by atoms with Crippen molar-refractivity contribution in [2.75, 3.05) is 13.1 Å². The first-order valence-electron chi connectivity index (χ1n) is 8.39. The van der Waals surface area contributed by atoms with E-state index in [1.165, 1.54) is 16.6 Å². The molecule has 1 aromatic heterocycles. The number of nitrogens with zero attached hydrogens (tertiary/aromatic N) is 4. The van der Waals surface area contributed by atoms with Gasteiger partial charge in [-0.05, 0) is 17.4 Å². The van der Waals surface area contributed by atoms with E-state index in [1.807, 2.05) is 23.1 Å². The third kappa shape index (κ3) is 3.70. The van der Waals surface area contributed by atoms with E-state index in [0.29, 0.717) is 13.1 Å².